The van der Waals surface area contributed by atoms with Crippen molar-refractivity contribution in [2.24, 2.45) is 0 Å². The van der Waals surface area contributed by atoms with Gasteiger partial charge in [0, 0.05) is 12.1 Å². The Morgan fingerprint density at radius 2 is 1.96 bits per heavy atom. The average molecular weight is 343 g/mol. The molecule has 0 aliphatic heterocycles. The zero-order valence-electron chi connectivity index (χ0n) is 14.6. The number of nitrogens with zero attached hydrogens (tertiary/aromatic N) is 3. The Morgan fingerprint density at radius 1 is 1.24 bits per heavy atom. The van der Waals surface area contributed by atoms with Gasteiger partial charge in [-0.1, -0.05) is 49.9 Å². The molecule has 0 bridgehead atoms. The molecular formula is C18H25N5O2. The lowest BCUT2D eigenvalue weighted by Gasteiger charge is -2.20. The van der Waals surface area contributed by atoms with Gasteiger partial charge >= 0.3 is 0 Å². The van der Waals surface area contributed by atoms with Crippen molar-refractivity contribution in [2.45, 2.75) is 64.2 Å². The summed E-state index contributed by atoms with van der Waals surface area (Å²) in [5.74, 6) is 0.493. The maximum atomic E-state index is 12.3. The molecule has 7 heteroatoms. The molecule has 3 rings (SSSR count). The second-order valence-electron chi connectivity index (χ2n) is 6.54. The monoisotopic (exact) mass is 343 g/mol. The number of nitrogens with one attached hydrogen (secondary N) is 2. The number of hydrogen-bond acceptors (Lipinski definition) is 5. The Labute approximate surface area is 147 Å². The van der Waals surface area contributed by atoms with Crippen LogP contribution in [0.15, 0.2) is 24.3 Å². The van der Waals surface area contributed by atoms with Crippen molar-refractivity contribution in [2.75, 3.05) is 0 Å². The minimum Gasteiger partial charge on any atom is -0.365 e. The average Bonchev–Trinajstić information content (AvgIpc) is 3.05. The summed E-state index contributed by atoms with van der Waals surface area (Å²) in [6.45, 7) is 2.31. The van der Waals surface area contributed by atoms with E-state index in [0.29, 0.717) is 12.4 Å². The highest BCUT2D eigenvalue weighted by Gasteiger charge is 2.20. The summed E-state index contributed by atoms with van der Waals surface area (Å²) in [5.41, 5.74) is 1.90. The molecule has 25 heavy (non-hydrogen) atoms. The molecule has 7 nitrogen and oxygen atoms in total. The number of aromatic amines is 1. The highest BCUT2D eigenvalue weighted by atomic mass is 16.5. The molecule has 2 N–H and O–H groups in total. The van der Waals surface area contributed by atoms with Crippen molar-refractivity contribution in [3.05, 3.63) is 29.8 Å². The summed E-state index contributed by atoms with van der Waals surface area (Å²) >= 11 is 0. The number of rotatable bonds is 6. The van der Waals surface area contributed by atoms with E-state index in [-0.39, 0.29) is 12.0 Å². The maximum absolute atomic E-state index is 12.3. The molecule has 1 amide bonds. The smallest absolute Gasteiger partial charge is 0.249 e. The van der Waals surface area contributed by atoms with Crippen LogP contribution in [0.4, 0.5) is 0 Å². The summed E-state index contributed by atoms with van der Waals surface area (Å²) in [4.78, 5) is 12.3. The van der Waals surface area contributed by atoms with Crippen molar-refractivity contribution in [1.82, 2.24) is 25.9 Å². The molecule has 134 valence electrons. The van der Waals surface area contributed by atoms with Crippen LogP contribution in [0.25, 0.3) is 11.4 Å². The van der Waals surface area contributed by atoms with Crippen LogP contribution in [0.5, 0.6) is 0 Å². The van der Waals surface area contributed by atoms with Gasteiger partial charge in [-0.3, -0.25) is 4.79 Å². The number of hydrogen-bond donors (Lipinski definition) is 2. The van der Waals surface area contributed by atoms with E-state index in [1.807, 2.05) is 31.2 Å². The zero-order valence-corrected chi connectivity index (χ0v) is 14.6. The molecule has 1 aliphatic rings. The van der Waals surface area contributed by atoms with E-state index < -0.39 is 6.10 Å². The fourth-order valence-corrected chi connectivity index (χ4v) is 3.12. The van der Waals surface area contributed by atoms with Crippen LogP contribution in [0, 0.1) is 0 Å². The predicted molar refractivity (Wildman–Crippen MR) is 93.5 cm³/mol. The van der Waals surface area contributed by atoms with E-state index in [4.69, 9.17) is 4.74 Å². The molecule has 1 fully saturated rings. The first-order valence-corrected chi connectivity index (χ1v) is 8.98. The fraction of sp³-hybridized carbons (Fsp3) is 0.556. The normalized spacial score (nSPS) is 17.0. The topological polar surface area (TPSA) is 92.8 Å². The van der Waals surface area contributed by atoms with E-state index >= 15 is 0 Å². The van der Waals surface area contributed by atoms with E-state index in [1.165, 1.54) is 25.7 Å². The Hall–Kier alpha value is -2.28. The number of ether oxygens (including phenoxy) is 1. The first-order valence-electron chi connectivity index (χ1n) is 8.98. The van der Waals surface area contributed by atoms with Crippen LogP contribution in [-0.4, -0.2) is 38.7 Å². The summed E-state index contributed by atoms with van der Waals surface area (Å²) < 4.78 is 5.95. The molecule has 1 aliphatic carbocycles. The number of carbonyl (C=O) groups is 1. The van der Waals surface area contributed by atoms with Gasteiger partial charge in [-0.25, -0.2) is 0 Å². The Balaban J connectivity index is 1.46. The number of aromatic nitrogens is 4. The minimum atomic E-state index is -0.415. The van der Waals surface area contributed by atoms with Crippen molar-refractivity contribution < 1.29 is 9.53 Å². The number of amides is 1. The van der Waals surface area contributed by atoms with Crippen molar-refractivity contribution in [3.8, 4) is 11.4 Å². The van der Waals surface area contributed by atoms with Gasteiger partial charge in [-0.2, -0.15) is 5.21 Å². The molecule has 1 saturated carbocycles. The molecule has 0 unspecified atom stereocenters. The first kappa shape index (κ1) is 17.5. The van der Waals surface area contributed by atoms with Gasteiger partial charge in [0.1, 0.15) is 6.10 Å². The lowest BCUT2D eigenvalue weighted by Crippen LogP contribution is -2.36. The Bertz CT molecular complexity index is 649. The number of carbonyl (C=O) groups excluding carboxylic acids is 1. The van der Waals surface area contributed by atoms with Crippen LogP contribution in [-0.2, 0) is 16.1 Å². The van der Waals surface area contributed by atoms with Gasteiger partial charge in [-0.15, -0.1) is 10.2 Å². The highest BCUT2D eigenvalue weighted by molar-refractivity contribution is 5.80. The highest BCUT2D eigenvalue weighted by Crippen LogP contribution is 2.21. The molecule has 0 spiro atoms. The second kappa shape index (κ2) is 8.71. The number of benzene rings is 1. The standard InChI is InChI=1S/C18H25N5O2/c1-13(25-16-6-4-2-3-5-7-16)18(24)19-12-14-8-10-15(11-9-14)17-20-22-23-21-17/h8-11,13,16H,2-7,12H2,1H3,(H,19,24)(H,20,21,22,23)/t13-/m1/s1. The number of tetrazole rings is 1. The van der Waals surface area contributed by atoms with Crippen LogP contribution in [0.1, 0.15) is 51.0 Å². The van der Waals surface area contributed by atoms with E-state index in [0.717, 1.165) is 24.0 Å². The fourth-order valence-electron chi connectivity index (χ4n) is 3.12. The Morgan fingerprint density at radius 3 is 2.60 bits per heavy atom. The lowest BCUT2D eigenvalue weighted by molar-refractivity contribution is -0.136. The van der Waals surface area contributed by atoms with Crippen molar-refractivity contribution in [3.63, 3.8) is 0 Å². The molecule has 0 radical (unpaired) electrons. The third-order valence-corrected chi connectivity index (χ3v) is 4.59. The van der Waals surface area contributed by atoms with E-state index in [2.05, 4.69) is 25.9 Å². The second-order valence-corrected chi connectivity index (χ2v) is 6.54. The van der Waals surface area contributed by atoms with Gasteiger partial charge in [-0.05, 0) is 30.5 Å². The lowest BCUT2D eigenvalue weighted by atomic mass is 10.1. The van der Waals surface area contributed by atoms with Gasteiger partial charge in [0.15, 0.2) is 0 Å². The molecule has 2 aromatic rings. The molecule has 0 saturated heterocycles. The SMILES string of the molecule is C[C@@H](OC1CCCCCC1)C(=O)NCc1ccc(-c2nn[nH]n2)cc1. The van der Waals surface area contributed by atoms with Crippen molar-refractivity contribution >= 4 is 5.91 Å². The van der Waals surface area contributed by atoms with E-state index in [9.17, 15) is 4.79 Å². The van der Waals surface area contributed by atoms with Gasteiger partial charge in [0.25, 0.3) is 0 Å². The molecule has 1 aromatic heterocycles. The number of H-pyrrole nitrogens is 1. The maximum Gasteiger partial charge on any atom is 0.249 e. The van der Waals surface area contributed by atoms with Crippen molar-refractivity contribution in [1.29, 1.82) is 0 Å². The summed E-state index contributed by atoms with van der Waals surface area (Å²) in [7, 11) is 0. The van der Waals surface area contributed by atoms with Gasteiger partial charge < -0.3 is 10.1 Å². The summed E-state index contributed by atoms with van der Waals surface area (Å²) in [6, 6.07) is 7.72. The predicted octanol–water partition coefficient (Wildman–Crippen LogP) is 2.61. The Kier molecular flexibility index (Phi) is 6.11. The molecule has 1 aromatic carbocycles. The van der Waals surface area contributed by atoms with Crippen LogP contribution in [0.2, 0.25) is 0 Å². The van der Waals surface area contributed by atoms with E-state index in [1.54, 1.807) is 0 Å². The van der Waals surface area contributed by atoms with Gasteiger partial charge in [0.05, 0.1) is 6.10 Å². The van der Waals surface area contributed by atoms with Crippen LogP contribution in [0.3, 0.4) is 0 Å². The summed E-state index contributed by atoms with van der Waals surface area (Å²) in [6.07, 6.45) is 6.89. The third kappa shape index (κ3) is 5.09. The molecular weight excluding hydrogens is 318 g/mol. The quantitative estimate of drug-likeness (QED) is 0.787. The largest absolute Gasteiger partial charge is 0.365 e. The third-order valence-electron chi connectivity index (χ3n) is 4.59. The minimum absolute atomic E-state index is 0.0634. The zero-order chi connectivity index (χ0) is 17.5. The first-order chi connectivity index (χ1) is 12.2. The molecule has 1 atom stereocenters. The van der Waals surface area contributed by atoms with Crippen LogP contribution >= 0.6 is 0 Å². The van der Waals surface area contributed by atoms with Gasteiger partial charge in [0.2, 0.25) is 11.7 Å². The summed E-state index contributed by atoms with van der Waals surface area (Å²) in [5, 5.41) is 16.8. The van der Waals surface area contributed by atoms with Crippen LogP contribution < -0.4 is 5.32 Å². The molecule has 1 heterocycles.